The maximum atomic E-state index is 10.1. The van der Waals surface area contributed by atoms with Crippen LogP contribution in [0.25, 0.3) is 0 Å². The minimum absolute atomic E-state index is 0.122. The van der Waals surface area contributed by atoms with Crippen molar-refractivity contribution in [3.8, 4) is 0 Å². The molecule has 0 rings (SSSR count). The number of hydrogen-bond donors (Lipinski definition) is 1. The Morgan fingerprint density at radius 1 is 1.56 bits per heavy atom. The second-order valence-electron chi connectivity index (χ2n) is 3.07. The highest BCUT2D eigenvalue weighted by Crippen LogP contribution is 2.16. The predicted molar refractivity (Wildman–Crippen MR) is 38.4 cm³/mol. The van der Waals surface area contributed by atoms with Gasteiger partial charge in [-0.2, -0.15) is 0 Å². The second kappa shape index (κ2) is 3.62. The zero-order valence-corrected chi connectivity index (χ0v) is 6.40. The Labute approximate surface area is 56.6 Å². The molecule has 0 atom stereocenters. The number of hydrogen-bond acceptors (Lipinski definition) is 2. The lowest BCUT2D eigenvalue weighted by molar-refractivity contribution is -0.109. The Balaban J connectivity index is 3.55. The van der Waals surface area contributed by atoms with Crippen molar-refractivity contribution in [2.45, 2.75) is 20.3 Å². The lowest BCUT2D eigenvalue weighted by Gasteiger charge is -2.20. The molecule has 1 N–H and O–H groups in total. The highest BCUT2D eigenvalue weighted by atomic mass is 16.1. The van der Waals surface area contributed by atoms with Gasteiger partial charge >= 0.3 is 0 Å². The molecule has 2 nitrogen and oxygen atoms in total. The second-order valence-corrected chi connectivity index (χ2v) is 3.07. The van der Waals surface area contributed by atoms with Crippen LogP contribution in [0, 0.1) is 5.41 Å². The minimum Gasteiger partial charge on any atom is -0.319 e. The molecule has 54 valence electrons. The van der Waals surface area contributed by atoms with Gasteiger partial charge in [-0.1, -0.05) is 13.8 Å². The lowest BCUT2D eigenvalue weighted by Crippen LogP contribution is -2.26. The number of nitrogens with one attached hydrogen (secondary N) is 1. The average Bonchev–Trinajstić information content (AvgIpc) is 1.64. The van der Waals surface area contributed by atoms with Crippen LogP contribution in [0.2, 0.25) is 0 Å². The van der Waals surface area contributed by atoms with Crippen molar-refractivity contribution in [3.63, 3.8) is 0 Å². The maximum absolute atomic E-state index is 10.1. The van der Waals surface area contributed by atoms with Gasteiger partial charge in [0.2, 0.25) is 0 Å². The van der Waals surface area contributed by atoms with Crippen LogP contribution in [-0.4, -0.2) is 19.9 Å². The third kappa shape index (κ3) is 4.15. The van der Waals surface area contributed by atoms with Crippen LogP contribution >= 0.6 is 0 Å². The van der Waals surface area contributed by atoms with Crippen molar-refractivity contribution < 1.29 is 4.79 Å². The van der Waals surface area contributed by atoms with Crippen molar-refractivity contribution >= 4 is 6.29 Å². The van der Waals surface area contributed by atoms with Gasteiger partial charge in [0.25, 0.3) is 0 Å². The van der Waals surface area contributed by atoms with Crippen LogP contribution in [-0.2, 0) is 4.79 Å². The molecule has 0 aromatic heterocycles. The van der Waals surface area contributed by atoms with Crippen molar-refractivity contribution in [2.75, 3.05) is 13.6 Å². The average molecular weight is 129 g/mol. The molecule has 0 spiro atoms. The summed E-state index contributed by atoms with van der Waals surface area (Å²) in [4.78, 5) is 10.1. The summed E-state index contributed by atoms with van der Waals surface area (Å²) in [6, 6.07) is 0. The Kier molecular flexibility index (Phi) is 3.47. The summed E-state index contributed by atoms with van der Waals surface area (Å²) in [5.41, 5.74) is 0.122. The van der Waals surface area contributed by atoms with E-state index in [1.807, 2.05) is 7.05 Å². The Bertz CT molecular complexity index is 88.9. The fourth-order valence-electron chi connectivity index (χ4n) is 0.776. The van der Waals surface area contributed by atoms with Crippen LogP contribution in [0.5, 0.6) is 0 Å². The molecular weight excluding hydrogens is 114 g/mol. The zero-order chi connectivity index (χ0) is 7.33. The smallest absolute Gasteiger partial charge is 0.120 e. The number of carbonyl (C=O) groups is 1. The van der Waals surface area contributed by atoms with Crippen LogP contribution in [0.3, 0.4) is 0 Å². The van der Waals surface area contributed by atoms with E-state index >= 15 is 0 Å². The van der Waals surface area contributed by atoms with Crippen molar-refractivity contribution in [1.29, 1.82) is 0 Å². The fourth-order valence-corrected chi connectivity index (χ4v) is 0.776. The van der Waals surface area contributed by atoms with Crippen molar-refractivity contribution in [3.05, 3.63) is 0 Å². The molecule has 0 amide bonds. The van der Waals surface area contributed by atoms with E-state index in [9.17, 15) is 4.79 Å². The van der Waals surface area contributed by atoms with E-state index in [0.29, 0.717) is 6.42 Å². The first-order valence-corrected chi connectivity index (χ1v) is 3.20. The highest BCUT2D eigenvalue weighted by molar-refractivity contribution is 5.50. The molecule has 0 bridgehead atoms. The van der Waals surface area contributed by atoms with Gasteiger partial charge in [-0.3, -0.25) is 0 Å². The third-order valence-corrected chi connectivity index (χ3v) is 1.29. The van der Waals surface area contributed by atoms with E-state index < -0.39 is 0 Å². The summed E-state index contributed by atoms with van der Waals surface area (Å²) in [7, 11) is 1.90. The maximum Gasteiger partial charge on any atom is 0.120 e. The van der Waals surface area contributed by atoms with E-state index in [1.165, 1.54) is 0 Å². The van der Waals surface area contributed by atoms with Crippen LogP contribution < -0.4 is 5.32 Å². The molecule has 0 radical (unpaired) electrons. The molecule has 2 heteroatoms. The molecule has 0 saturated carbocycles. The lowest BCUT2D eigenvalue weighted by atomic mass is 9.90. The van der Waals surface area contributed by atoms with Crippen LogP contribution in [0.4, 0.5) is 0 Å². The monoisotopic (exact) mass is 129 g/mol. The summed E-state index contributed by atoms with van der Waals surface area (Å²) in [5.74, 6) is 0. The third-order valence-electron chi connectivity index (χ3n) is 1.29. The molecule has 0 aliphatic heterocycles. The van der Waals surface area contributed by atoms with E-state index in [2.05, 4.69) is 19.2 Å². The summed E-state index contributed by atoms with van der Waals surface area (Å²) >= 11 is 0. The van der Waals surface area contributed by atoms with Gasteiger partial charge in [0.1, 0.15) is 6.29 Å². The van der Waals surface area contributed by atoms with Crippen molar-refractivity contribution in [2.24, 2.45) is 5.41 Å². The Morgan fingerprint density at radius 2 is 2.11 bits per heavy atom. The summed E-state index contributed by atoms with van der Waals surface area (Å²) in [5, 5.41) is 3.03. The molecule has 0 aliphatic rings. The number of rotatable bonds is 4. The Morgan fingerprint density at radius 3 is 2.44 bits per heavy atom. The minimum atomic E-state index is 0.122. The van der Waals surface area contributed by atoms with Gasteiger partial charge in [0.15, 0.2) is 0 Å². The van der Waals surface area contributed by atoms with Crippen LogP contribution in [0.15, 0.2) is 0 Å². The molecular formula is C7H15NO. The van der Waals surface area contributed by atoms with Crippen molar-refractivity contribution in [1.82, 2.24) is 5.32 Å². The Hall–Kier alpha value is -0.370. The molecule has 0 aromatic rings. The number of carbonyl (C=O) groups excluding carboxylic acids is 1. The predicted octanol–water partition coefficient (Wildman–Crippen LogP) is 0.821. The normalized spacial score (nSPS) is 11.4. The van der Waals surface area contributed by atoms with Gasteiger partial charge in [0.05, 0.1) is 0 Å². The summed E-state index contributed by atoms with van der Waals surface area (Å²) in [6.07, 6.45) is 1.60. The van der Waals surface area contributed by atoms with Gasteiger partial charge < -0.3 is 10.1 Å². The summed E-state index contributed by atoms with van der Waals surface area (Å²) in [6.45, 7) is 5.03. The zero-order valence-electron chi connectivity index (χ0n) is 6.40. The highest BCUT2D eigenvalue weighted by Gasteiger charge is 2.14. The molecule has 0 heterocycles. The van der Waals surface area contributed by atoms with E-state index in [-0.39, 0.29) is 5.41 Å². The first-order chi connectivity index (χ1) is 4.12. The van der Waals surface area contributed by atoms with Gasteiger partial charge in [-0.25, -0.2) is 0 Å². The fraction of sp³-hybridized carbons (Fsp3) is 0.857. The summed E-state index contributed by atoms with van der Waals surface area (Å²) < 4.78 is 0. The van der Waals surface area contributed by atoms with E-state index in [4.69, 9.17) is 0 Å². The van der Waals surface area contributed by atoms with Gasteiger partial charge in [-0.15, -0.1) is 0 Å². The molecule has 0 unspecified atom stereocenters. The quantitative estimate of drug-likeness (QED) is 0.569. The standard InChI is InChI=1S/C7H15NO/c1-7(2,4-5-9)6-8-3/h5,8H,4,6H2,1-3H3. The molecule has 9 heavy (non-hydrogen) atoms. The number of aldehydes is 1. The van der Waals surface area contributed by atoms with E-state index in [0.717, 1.165) is 12.8 Å². The topological polar surface area (TPSA) is 29.1 Å². The van der Waals surface area contributed by atoms with E-state index in [1.54, 1.807) is 0 Å². The first kappa shape index (κ1) is 8.63. The largest absolute Gasteiger partial charge is 0.319 e. The SMILES string of the molecule is CNCC(C)(C)CC=O. The van der Waals surface area contributed by atoms with Gasteiger partial charge in [-0.05, 0) is 12.5 Å². The first-order valence-electron chi connectivity index (χ1n) is 3.20. The molecule has 0 aliphatic carbocycles. The molecule has 0 fully saturated rings. The molecule has 0 saturated heterocycles. The molecule has 0 aromatic carbocycles. The van der Waals surface area contributed by atoms with Gasteiger partial charge in [0, 0.05) is 13.0 Å². The van der Waals surface area contributed by atoms with Crippen LogP contribution in [0.1, 0.15) is 20.3 Å².